The first kappa shape index (κ1) is 20.3. The van der Waals surface area contributed by atoms with Crippen LogP contribution in [0, 0.1) is 25.2 Å². The third-order valence-electron chi connectivity index (χ3n) is 5.91. The third kappa shape index (κ3) is 4.35. The van der Waals surface area contributed by atoms with E-state index < -0.39 is 10.0 Å². The van der Waals surface area contributed by atoms with Crippen LogP contribution in [0.3, 0.4) is 0 Å². The number of carbonyl (C=O) groups excluding carboxylic acids is 1. The predicted molar refractivity (Wildman–Crippen MR) is 103 cm³/mol. The smallest absolute Gasteiger partial charge is 0.246 e. The van der Waals surface area contributed by atoms with Crippen LogP contribution in [-0.4, -0.2) is 61.6 Å². The van der Waals surface area contributed by atoms with Gasteiger partial charge in [-0.25, -0.2) is 8.42 Å². The standard InChI is InChI=1S/C18H31N5O3S/c1-13-16(14(2)22-21-13)27(25,26)23-10-4-5-15(11-23)17(24)20-12-18(3)6-8-19-9-7-18/h15,19H,4-12H2,1-3H3,(H,20,24)(H,21,22). The zero-order chi connectivity index (χ0) is 19.7. The SMILES string of the molecule is Cc1n[nH]c(C)c1S(=O)(=O)N1CCCC(C(=O)NCC2(C)CCNCC2)C1. The highest BCUT2D eigenvalue weighted by atomic mass is 32.2. The number of rotatable bonds is 5. The van der Waals surface area contributed by atoms with Crippen molar-refractivity contribution >= 4 is 15.9 Å². The molecule has 1 unspecified atom stereocenters. The van der Waals surface area contributed by atoms with Crippen LogP contribution in [0.5, 0.6) is 0 Å². The van der Waals surface area contributed by atoms with E-state index in [1.165, 1.54) is 4.31 Å². The maximum absolute atomic E-state index is 13.0. The van der Waals surface area contributed by atoms with Crippen molar-refractivity contribution in [3.63, 3.8) is 0 Å². The van der Waals surface area contributed by atoms with Crippen molar-refractivity contribution in [2.75, 3.05) is 32.7 Å². The average molecular weight is 398 g/mol. The Morgan fingerprint density at radius 2 is 2.04 bits per heavy atom. The van der Waals surface area contributed by atoms with Gasteiger partial charge in [0.05, 0.1) is 17.3 Å². The lowest BCUT2D eigenvalue weighted by Crippen LogP contribution is -2.48. The van der Waals surface area contributed by atoms with Crippen molar-refractivity contribution in [3.05, 3.63) is 11.4 Å². The normalized spacial score (nSPS) is 23.9. The quantitative estimate of drug-likeness (QED) is 0.685. The van der Waals surface area contributed by atoms with Gasteiger partial charge >= 0.3 is 0 Å². The van der Waals surface area contributed by atoms with E-state index in [9.17, 15) is 13.2 Å². The number of nitrogens with zero attached hydrogens (tertiary/aromatic N) is 2. The van der Waals surface area contributed by atoms with Crippen LogP contribution < -0.4 is 10.6 Å². The number of sulfonamides is 1. The molecular weight excluding hydrogens is 366 g/mol. The van der Waals surface area contributed by atoms with Crippen LogP contribution in [0.4, 0.5) is 0 Å². The highest BCUT2D eigenvalue weighted by Crippen LogP contribution is 2.29. The summed E-state index contributed by atoms with van der Waals surface area (Å²) in [5.41, 5.74) is 1.13. The molecule has 0 spiro atoms. The number of amides is 1. The lowest BCUT2D eigenvalue weighted by atomic mass is 9.81. The van der Waals surface area contributed by atoms with E-state index in [1.807, 2.05) is 0 Å². The first-order chi connectivity index (χ1) is 12.7. The summed E-state index contributed by atoms with van der Waals surface area (Å²) in [6, 6.07) is 0. The number of aryl methyl sites for hydroxylation is 2. The highest BCUT2D eigenvalue weighted by molar-refractivity contribution is 7.89. The predicted octanol–water partition coefficient (Wildman–Crippen LogP) is 0.933. The number of nitrogens with one attached hydrogen (secondary N) is 3. The molecule has 2 aliphatic heterocycles. The van der Waals surface area contributed by atoms with Crippen molar-refractivity contribution in [2.45, 2.75) is 51.3 Å². The van der Waals surface area contributed by atoms with Gasteiger partial charge in [-0.1, -0.05) is 6.92 Å². The van der Waals surface area contributed by atoms with E-state index in [-0.39, 0.29) is 28.7 Å². The summed E-state index contributed by atoms with van der Waals surface area (Å²) in [6.07, 6.45) is 3.49. The third-order valence-corrected chi connectivity index (χ3v) is 8.04. The van der Waals surface area contributed by atoms with Gasteiger partial charge in [0.1, 0.15) is 4.90 Å². The lowest BCUT2D eigenvalue weighted by molar-refractivity contribution is -0.126. The summed E-state index contributed by atoms with van der Waals surface area (Å²) >= 11 is 0. The van der Waals surface area contributed by atoms with Crippen LogP contribution in [0.15, 0.2) is 4.90 Å². The molecule has 8 nitrogen and oxygen atoms in total. The molecule has 0 aliphatic carbocycles. The van der Waals surface area contributed by atoms with Gasteiger partial charge in [-0.15, -0.1) is 0 Å². The molecule has 0 bridgehead atoms. The Bertz CT molecular complexity index is 763. The van der Waals surface area contributed by atoms with E-state index in [1.54, 1.807) is 13.8 Å². The molecule has 2 aliphatic rings. The van der Waals surface area contributed by atoms with Gasteiger partial charge in [0, 0.05) is 19.6 Å². The first-order valence-corrected chi connectivity index (χ1v) is 11.2. The summed E-state index contributed by atoms with van der Waals surface area (Å²) in [7, 11) is -3.64. The number of aromatic amines is 1. The molecule has 1 atom stereocenters. The number of hydrogen-bond donors (Lipinski definition) is 3. The molecule has 3 N–H and O–H groups in total. The molecule has 9 heteroatoms. The zero-order valence-electron chi connectivity index (χ0n) is 16.5. The Hall–Kier alpha value is -1.45. The highest BCUT2D eigenvalue weighted by Gasteiger charge is 2.36. The van der Waals surface area contributed by atoms with Gasteiger partial charge in [-0.3, -0.25) is 9.89 Å². The van der Waals surface area contributed by atoms with Crippen molar-refractivity contribution < 1.29 is 13.2 Å². The van der Waals surface area contributed by atoms with Crippen LogP contribution in [0.25, 0.3) is 0 Å². The Kier molecular flexibility index (Phi) is 5.93. The fraction of sp³-hybridized carbons (Fsp3) is 0.778. The number of aromatic nitrogens is 2. The van der Waals surface area contributed by atoms with E-state index in [0.29, 0.717) is 30.9 Å². The molecular formula is C18H31N5O3S. The second-order valence-corrected chi connectivity index (χ2v) is 10.1. The van der Waals surface area contributed by atoms with Crippen molar-refractivity contribution in [1.29, 1.82) is 0 Å². The summed E-state index contributed by atoms with van der Waals surface area (Å²) in [5.74, 6) is -0.332. The topological polar surface area (TPSA) is 107 Å². The van der Waals surface area contributed by atoms with E-state index >= 15 is 0 Å². The van der Waals surface area contributed by atoms with E-state index in [2.05, 4.69) is 27.8 Å². The molecule has 2 saturated heterocycles. The molecule has 1 amide bonds. The monoisotopic (exact) mass is 397 g/mol. The lowest BCUT2D eigenvalue weighted by Gasteiger charge is -2.35. The summed E-state index contributed by atoms with van der Waals surface area (Å²) in [6.45, 7) is 8.88. The average Bonchev–Trinajstić information content (AvgIpc) is 2.99. The van der Waals surface area contributed by atoms with Gasteiger partial charge in [0.2, 0.25) is 15.9 Å². The van der Waals surface area contributed by atoms with Gasteiger partial charge in [0.15, 0.2) is 0 Å². The van der Waals surface area contributed by atoms with E-state index in [4.69, 9.17) is 0 Å². The minimum Gasteiger partial charge on any atom is -0.355 e. The van der Waals surface area contributed by atoms with Crippen LogP contribution in [-0.2, 0) is 14.8 Å². The molecule has 0 radical (unpaired) electrons. The molecule has 27 heavy (non-hydrogen) atoms. The van der Waals surface area contributed by atoms with Crippen molar-refractivity contribution in [2.24, 2.45) is 11.3 Å². The molecule has 1 aromatic rings. The molecule has 0 aromatic carbocycles. The molecule has 152 valence electrons. The number of carbonyl (C=O) groups is 1. The molecule has 0 saturated carbocycles. The molecule has 3 rings (SSSR count). The Morgan fingerprint density at radius 1 is 1.33 bits per heavy atom. The minimum absolute atomic E-state index is 0.0321. The van der Waals surface area contributed by atoms with Gasteiger partial charge in [-0.05, 0) is 58.0 Å². The van der Waals surface area contributed by atoms with Crippen molar-refractivity contribution in [1.82, 2.24) is 25.1 Å². The van der Waals surface area contributed by atoms with Gasteiger partial charge < -0.3 is 10.6 Å². The summed E-state index contributed by atoms with van der Waals surface area (Å²) in [4.78, 5) is 13.0. The number of hydrogen-bond acceptors (Lipinski definition) is 5. The molecule has 3 heterocycles. The van der Waals surface area contributed by atoms with Crippen LogP contribution in [0.2, 0.25) is 0 Å². The number of H-pyrrole nitrogens is 1. The fourth-order valence-electron chi connectivity index (χ4n) is 4.08. The van der Waals surface area contributed by atoms with Crippen molar-refractivity contribution in [3.8, 4) is 0 Å². The largest absolute Gasteiger partial charge is 0.355 e. The van der Waals surface area contributed by atoms with E-state index in [0.717, 1.165) is 32.4 Å². The van der Waals surface area contributed by atoms with Gasteiger partial charge in [-0.2, -0.15) is 9.40 Å². The second-order valence-electron chi connectivity index (χ2n) is 8.24. The summed E-state index contributed by atoms with van der Waals surface area (Å²) in [5, 5.41) is 13.2. The fourth-order valence-corrected chi connectivity index (χ4v) is 5.93. The summed E-state index contributed by atoms with van der Waals surface area (Å²) < 4.78 is 27.5. The molecule has 2 fully saturated rings. The second kappa shape index (κ2) is 7.89. The van der Waals surface area contributed by atoms with Gasteiger partial charge in [0.25, 0.3) is 0 Å². The zero-order valence-corrected chi connectivity index (χ0v) is 17.3. The maximum atomic E-state index is 13.0. The molecule has 1 aromatic heterocycles. The minimum atomic E-state index is -3.64. The first-order valence-electron chi connectivity index (χ1n) is 9.73. The maximum Gasteiger partial charge on any atom is 0.246 e. The Morgan fingerprint density at radius 3 is 2.67 bits per heavy atom. The Balaban J connectivity index is 1.64. The van der Waals surface area contributed by atoms with Crippen LogP contribution >= 0.6 is 0 Å². The Labute approximate surface area is 161 Å². The number of piperidine rings is 2. The van der Waals surface area contributed by atoms with Crippen LogP contribution in [0.1, 0.15) is 44.0 Å².